The molecule has 0 atom stereocenters. The smallest absolute Gasteiger partial charge is 0.0774 e. The molecule has 2 aromatic heterocycles. The molecule has 0 saturated heterocycles. The number of pyridine rings is 2. The van der Waals surface area contributed by atoms with Crippen molar-refractivity contribution >= 4 is 45.3 Å². The average Bonchev–Trinajstić information content (AvgIpc) is 2.66. The predicted octanol–water partition coefficient (Wildman–Crippen LogP) is 4.20. The summed E-state index contributed by atoms with van der Waals surface area (Å²) in [5, 5.41) is 3.27. The van der Waals surface area contributed by atoms with Crippen LogP contribution in [0.2, 0.25) is 39.3 Å². The van der Waals surface area contributed by atoms with E-state index in [4.69, 9.17) is 0 Å². The third kappa shape index (κ3) is 5.05. The standard InChI is InChI=1S/C23H31N2PSi2/c1-27(2,3)20-14-13-19(17-21(20)28(4,5)6)18-26(22-11-7-9-15-24-22)23-12-8-10-16-25-23/h7-17H,18H2,1-6H3. The molecule has 3 rings (SSSR count). The van der Waals surface area contributed by atoms with Crippen LogP contribution >= 0.6 is 7.92 Å². The molecule has 3 aromatic rings. The van der Waals surface area contributed by atoms with Crippen molar-refractivity contribution in [2.75, 3.05) is 0 Å². The molecule has 2 heterocycles. The monoisotopic (exact) mass is 422 g/mol. The molecule has 0 radical (unpaired) electrons. The van der Waals surface area contributed by atoms with Crippen molar-refractivity contribution in [1.29, 1.82) is 0 Å². The largest absolute Gasteiger partial charge is 0.256 e. The predicted molar refractivity (Wildman–Crippen MR) is 131 cm³/mol. The molecule has 0 saturated carbocycles. The van der Waals surface area contributed by atoms with Gasteiger partial charge in [0.1, 0.15) is 0 Å². The number of rotatable bonds is 6. The Morgan fingerprint density at radius 2 is 1.21 bits per heavy atom. The molecule has 0 aliphatic rings. The van der Waals surface area contributed by atoms with Crippen LogP contribution in [0, 0.1) is 0 Å². The van der Waals surface area contributed by atoms with E-state index in [0.29, 0.717) is 0 Å². The molecule has 146 valence electrons. The van der Waals surface area contributed by atoms with Gasteiger partial charge in [-0.3, -0.25) is 9.97 Å². The summed E-state index contributed by atoms with van der Waals surface area (Å²) in [5.74, 6) is 0. The highest BCUT2D eigenvalue weighted by Crippen LogP contribution is 2.36. The molecule has 0 N–H and O–H groups in total. The number of hydrogen-bond donors (Lipinski definition) is 0. The number of aromatic nitrogens is 2. The topological polar surface area (TPSA) is 25.8 Å². The van der Waals surface area contributed by atoms with Gasteiger partial charge in [-0.05, 0) is 29.8 Å². The zero-order valence-electron chi connectivity index (χ0n) is 17.9. The van der Waals surface area contributed by atoms with E-state index in [1.807, 2.05) is 24.5 Å². The van der Waals surface area contributed by atoms with Crippen LogP contribution in [0.15, 0.2) is 67.0 Å². The maximum atomic E-state index is 4.68. The summed E-state index contributed by atoms with van der Waals surface area (Å²) in [4.78, 5) is 9.37. The molecular weight excluding hydrogens is 391 g/mol. The molecule has 0 unspecified atom stereocenters. The van der Waals surface area contributed by atoms with E-state index in [-0.39, 0.29) is 0 Å². The van der Waals surface area contributed by atoms with Gasteiger partial charge in [-0.25, -0.2) is 0 Å². The summed E-state index contributed by atoms with van der Waals surface area (Å²) < 4.78 is 0. The highest BCUT2D eigenvalue weighted by Gasteiger charge is 2.28. The van der Waals surface area contributed by atoms with Crippen molar-refractivity contribution in [1.82, 2.24) is 9.97 Å². The van der Waals surface area contributed by atoms with Crippen molar-refractivity contribution in [2.45, 2.75) is 45.4 Å². The average molecular weight is 423 g/mol. The summed E-state index contributed by atoms with van der Waals surface area (Å²) in [7, 11) is -3.39. The van der Waals surface area contributed by atoms with Gasteiger partial charge in [0.25, 0.3) is 0 Å². The maximum Gasteiger partial charge on any atom is 0.0774 e. The molecule has 0 bridgehead atoms. The van der Waals surface area contributed by atoms with Crippen molar-refractivity contribution in [3.05, 3.63) is 72.6 Å². The van der Waals surface area contributed by atoms with Crippen molar-refractivity contribution in [2.24, 2.45) is 0 Å². The Kier molecular flexibility index (Phi) is 6.33. The lowest BCUT2D eigenvalue weighted by Crippen LogP contribution is -2.56. The lowest BCUT2D eigenvalue weighted by Gasteiger charge is -2.29. The van der Waals surface area contributed by atoms with Crippen molar-refractivity contribution in [3.63, 3.8) is 0 Å². The van der Waals surface area contributed by atoms with Crippen LogP contribution < -0.4 is 21.2 Å². The van der Waals surface area contributed by atoms with Crippen LogP contribution in [0.5, 0.6) is 0 Å². The summed E-state index contributed by atoms with van der Waals surface area (Å²) in [6.45, 7) is 14.8. The molecule has 2 nitrogen and oxygen atoms in total. The third-order valence-corrected chi connectivity index (χ3v) is 11.5. The van der Waals surface area contributed by atoms with E-state index in [1.165, 1.54) is 5.56 Å². The zero-order valence-corrected chi connectivity index (χ0v) is 20.8. The molecule has 5 heteroatoms. The minimum Gasteiger partial charge on any atom is -0.256 e. The molecular formula is C23H31N2PSi2. The Morgan fingerprint density at radius 1 is 0.679 bits per heavy atom. The quantitative estimate of drug-likeness (QED) is 0.439. The van der Waals surface area contributed by atoms with Gasteiger partial charge in [-0.2, -0.15) is 0 Å². The fourth-order valence-corrected chi connectivity index (χ4v) is 10.7. The first-order valence-electron chi connectivity index (χ1n) is 9.90. The Balaban J connectivity index is 2.04. The van der Waals surface area contributed by atoms with Crippen molar-refractivity contribution in [3.8, 4) is 0 Å². The molecule has 0 amide bonds. The molecule has 0 aliphatic heterocycles. The Labute approximate surface area is 173 Å². The van der Waals surface area contributed by atoms with Crippen LogP contribution in [0.4, 0.5) is 0 Å². The van der Waals surface area contributed by atoms with Gasteiger partial charge in [-0.15, -0.1) is 0 Å². The van der Waals surface area contributed by atoms with Crippen LogP contribution in [0.3, 0.4) is 0 Å². The van der Waals surface area contributed by atoms with Gasteiger partial charge < -0.3 is 0 Å². The second-order valence-electron chi connectivity index (χ2n) is 9.34. The Bertz CT molecular complexity index is 877. The fraction of sp³-hybridized carbons (Fsp3) is 0.304. The molecule has 0 spiro atoms. The van der Waals surface area contributed by atoms with E-state index < -0.39 is 24.1 Å². The summed E-state index contributed by atoms with van der Waals surface area (Å²) in [6.07, 6.45) is 4.79. The first-order valence-corrected chi connectivity index (χ1v) is 18.4. The highest BCUT2D eigenvalue weighted by atomic mass is 31.1. The van der Waals surface area contributed by atoms with Gasteiger partial charge in [-0.1, -0.05) is 80.0 Å². The second-order valence-corrected chi connectivity index (χ2v) is 21.5. The maximum absolute atomic E-state index is 4.68. The molecule has 1 aromatic carbocycles. The van der Waals surface area contributed by atoms with Gasteiger partial charge >= 0.3 is 0 Å². The second kappa shape index (κ2) is 8.40. The summed E-state index contributed by atoms with van der Waals surface area (Å²) >= 11 is 0. The third-order valence-electron chi connectivity index (χ3n) is 4.89. The number of hydrogen-bond acceptors (Lipinski definition) is 2. The number of benzene rings is 1. The SMILES string of the molecule is C[Si](C)(C)c1ccc(CP(c2ccccn2)c2ccccn2)cc1[Si](C)(C)C. The highest BCUT2D eigenvalue weighted by molar-refractivity contribution is 7.71. The summed E-state index contributed by atoms with van der Waals surface area (Å²) in [5.41, 5.74) is 3.72. The first-order chi connectivity index (χ1) is 13.2. The first kappa shape index (κ1) is 21.1. The van der Waals surface area contributed by atoms with E-state index >= 15 is 0 Å². The van der Waals surface area contributed by atoms with E-state index in [2.05, 4.69) is 91.7 Å². The van der Waals surface area contributed by atoms with Gasteiger partial charge in [0.2, 0.25) is 0 Å². The van der Waals surface area contributed by atoms with Crippen LogP contribution in [0.1, 0.15) is 5.56 Å². The lowest BCUT2D eigenvalue weighted by molar-refractivity contribution is 1.34. The molecule has 28 heavy (non-hydrogen) atoms. The lowest BCUT2D eigenvalue weighted by atomic mass is 10.2. The van der Waals surface area contributed by atoms with Crippen molar-refractivity contribution < 1.29 is 0 Å². The Hall–Kier alpha value is -1.62. The Morgan fingerprint density at radius 3 is 1.64 bits per heavy atom. The zero-order chi connectivity index (χ0) is 20.4. The molecule has 0 fully saturated rings. The summed E-state index contributed by atoms with van der Waals surface area (Å²) in [6, 6.07) is 19.7. The van der Waals surface area contributed by atoms with E-state index in [1.54, 1.807) is 10.4 Å². The van der Waals surface area contributed by atoms with E-state index in [9.17, 15) is 0 Å². The molecule has 0 aliphatic carbocycles. The van der Waals surface area contributed by atoms with Gasteiger partial charge in [0, 0.05) is 26.5 Å². The normalized spacial score (nSPS) is 12.4. The van der Waals surface area contributed by atoms with Crippen LogP contribution in [-0.2, 0) is 6.16 Å². The fourth-order valence-electron chi connectivity index (χ4n) is 3.45. The van der Waals surface area contributed by atoms with Crippen LogP contribution in [-0.4, -0.2) is 26.1 Å². The van der Waals surface area contributed by atoms with Gasteiger partial charge in [0.15, 0.2) is 0 Å². The van der Waals surface area contributed by atoms with Crippen LogP contribution in [0.25, 0.3) is 0 Å². The number of nitrogens with zero attached hydrogens (tertiary/aromatic N) is 2. The van der Waals surface area contributed by atoms with E-state index in [0.717, 1.165) is 17.0 Å². The minimum atomic E-state index is -1.42. The minimum absolute atomic E-state index is 0.609. The van der Waals surface area contributed by atoms with Gasteiger partial charge in [0.05, 0.1) is 27.0 Å².